The van der Waals surface area contributed by atoms with Gasteiger partial charge >= 0.3 is 0 Å². The number of benzene rings is 3. The smallest absolute Gasteiger partial charge is 0.260 e. The maximum absolute atomic E-state index is 13.0. The SMILES string of the molecule is O=C(c1ccccc1)N1c2cc(Cl)c3c(Cl)cccc3c2CCC1O. The molecule has 1 amide bonds. The lowest BCUT2D eigenvalue weighted by molar-refractivity contribution is 0.0865. The van der Waals surface area contributed by atoms with Crippen LogP contribution in [-0.2, 0) is 6.42 Å². The van der Waals surface area contributed by atoms with E-state index >= 15 is 0 Å². The van der Waals surface area contributed by atoms with Crippen molar-refractivity contribution >= 4 is 45.6 Å². The second kappa shape index (κ2) is 6.34. The molecule has 4 rings (SSSR count). The fraction of sp³-hybridized carbons (Fsp3) is 0.150. The van der Waals surface area contributed by atoms with Gasteiger partial charge in [-0.05, 0) is 48.1 Å². The minimum Gasteiger partial charge on any atom is -0.373 e. The third-order valence-corrected chi connectivity index (χ3v) is 5.21. The summed E-state index contributed by atoms with van der Waals surface area (Å²) in [6.07, 6.45) is 0.241. The highest BCUT2D eigenvalue weighted by Crippen LogP contribution is 2.42. The van der Waals surface area contributed by atoms with E-state index < -0.39 is 6.23 Å². The van der Waals surface area contributed by atoms with E-state index in [1.54, 1.807) is 36.4 Å². The lowest BCUT2D eigenvalue weighted by Crippen LogP contribution is -2.43. The summed E-state index contributed by atoms with van der Waals surface area (Å²) in [5.41, 5.74) is 2.15. The zero-order valence-electron chi connectivity index (χ0n) is 13.2. The molecule has 25 heavy (non-hydrogen) atoms. The van der Waals surface area contributed by atoms with Gasteiger partial charge in [0.05, 0.1) is 10.7 Å². The minimum atomic E-state index is -0.882. The second-order valence-corrected chi connectivity index (χ2v) is 6.89. The van der Waals surface area contributed by atoms with Crippen molar-refractivity contribution in [3.05, 3.63) is 75.8 Å². The molecule has 0 aliphatic carbocycles. The largest absolute Gasteiger partial charge is 0.373 e. The van der Waals surface area contributed by atoms with Gasteiger partial charge in [0.15, 0.2) is 0 Å². The monoisotopic (exact) mass is 371 g/mol. The number of amides is 1. The van der Waals surface area contributed by atoms with Crippen LogP contribution < -0.4 is 4.90 Å². The quantitative estimate of drug-likeness (QED) is 0.649. The Balaban J connectivity index is 1.93. The van der Waals surface area contributed by atoms with Crippen molar-refractivity contribution in [2.45, 2.75) is 19.1 Å². The molecule has 1 atom stereocenters. The molecule has 1 aliphatic heterocycles. The lowest BCUT2D eigenvalue weighted by atomic mass is 9.93. The molecule has 0 aromatic heterocycles. The van der Waals surface area contributed by atoms with E-state index in [0.717, 1.165) is 16.3 Å². The third kappa shape index (κ3) is 2.69. The first kappa shape index (κ1) is 16.4. The molecule has 126 valence electrons. The van der Waals surface area contributed by atoms with E-state index in [1.165, 1.54) is 4.90 Å². The van der Waals surface area contributed by atoms with Crippen molar-refractivity contribution in [2.24, 2.45) is 0 Å². The highest BCUT2D eigenvalue weighted by Gasteiger charge is 2.32. The van der Waals surface area contributed by atoms with E-state index in [2.05, 4.69) is 0 Å². The van der Waals surface area contributed by atoms with Gasteiger partial charge in [0, 0.05) is 16.0 Å². The fourth-order valence-corrected chi connectivity index (χ4v) is 4.07. The maximum Gasteiger partial charge on any atom is 0.260 e. The molecule has 3 nitrogen and oxygen atoms in total. The summed E-state index contributed by atoms with van der Waals surface area (Å²) in [5.74, 6) is -0.244. The molecular weight excluding hydrogens is 357 g/mol. The molecule has 0 saturated carbocycles. The molecule has 1 heterocycles. The molecule has 3 aromatic rings. The zero-order valence-corrected chi connectivity index (χ0v) is 14.8. The van der Waals surface area contributed by atoms with Gasteiger partial charge in [-0.2, -0.15) is 0 Å². The molecule has 5 heteroatoms. The van der Waals surface area contributed by atoms with Crippen molar-refractivity contribution in [3.8, 4) is 0 Å². The Morgan fingerprint density at radius 2 is 1.80 bits per heavy atom. The summed E-state index contributed by atoms with van der Waals surface area (Å²) >= 11 is 12.8. The van der Waals surface area contributed by atoms with Crippen molar-refractivity contribution in [1.82, 2.24) is 0 Å². The Hall–Kier alpha value is -2.07. The van der Waals surface area contributed by atoms with Gasteiger partial charge in [0.2, 0.25) is 0 Å². The second-order valence-electron chi connectivity index (χ2n) is 6.08. The van der Waals surface area contributed by atoms with Crippen molar-refractivity contribution in [2.75, 3.05) is 4.90 Å². The summed E-state index contributed by atoms with van der Waals surface area (Å²) in [5, 5.41) is 13.3. The summed E-state index contributed by atoms with van der Waals surface area (Å²) in [6, 6.07) is 16.3. The van der Waals surface area contributed by atoms with Gasteiger partial charge < -0.3 is 5.11 Å². The van der Waals surface area contributed by atoms with Crippen LogP contribution in [0.3, 0.4) is 0 Å². The molecular formula is C20H15Cl2NO2. The average molecular weight is 372 g/mol. The molecule has 0 radical (unpaired) electrons. The Kier molecular flexibility index (Phi) is 4.16. The van der Waals surface area contributed by atoms with Crippen molar-refractivity contribution in [1.29, 1.82) is 0 Å². The van der Waals surface area contributed by atoms with Crippen molar-refractivity contribution in [3.63, 3.8) is 0 Å². The van der Waals surface area contributed by atoms with Crippen LogP contribution in [0.5, 0.6) is 0 Å². The van der Waals surface area contributed by atoms with E-state index in [-0.39, 0.29) is 5.91 Å². The Morgan fingerprint density at radius 1 is 1.04 bits per heavy atom. The van der Waals surface area contributed by atoms with Crippen molar-refractivity contribution < 1.29 is 9.90 Å². The summed E-state index contributed by atoms with van der Waals surface area (Å²) in [4.78, 5) is 14.4. The first-order valence-electron chi connectivity index (χ1n) is 8.04. The maximum atomic E-state index is 13.0. The predicted molar refractivity (Wildman–Crippen MR) is 102 cm³/mol. The normalized spacial score (nSPS) is 16.8. The van der Waals surface area contributed by atoms with Crippen LogP contribution in [-0.4, -0.2) is 17.2 Å². The van der Waals surface area contributed by atoms with E-state index in [0.29, 0.717) is 34.1 Å². The number of rotatable bonds is 1. The number of halogens is 2. The number of anilines is 1. The van der Waals surface area contributed by atoms with E-state index in [9.17, 15) is 9.90 Å². The Bertz CT molecular complexity index is 972. The molecule has 3 aromatic carbocycles. The van der Waals surface area contributed by atoms with E-state index in [1.807, 2.05) is 18.2 Å². The molecule has 0 bridgehead atoms. The van der Waals surface area contributed by atoms with Crippen LogP contribution in [0.2, 0.25) is 10.0 Å². The number of aliphatic hydroxyl groups excluding tert-OH is 1. The standard InChI is InChI=1S/C20H15Cl2NO2/c21-15-8-4-7-14-13-9-10-18(24)23(17(13)11-16(22)19(14)15)20(25)12-5-2-1-3-6-12/h1-8,11,18,24H,9-10H2. The lowest BCUT2D eigenvalue weighted by Gasteiger charge is -2.35. The first-order chi connectivity index (χ1) is 12.1. The van der Waals surface area contributed by atoms with Crippen LogP contribution in [0, 0.1) is 0 Å². The topological polar surface area (TPSA) is 40.5 Å². The summed E-state index contributed by atoms with van der Waals surface area (Å²) < 4.78 is 0. The number of carbonyl (C=O) groups is 1. The van der Waals surface area contributed by atoms with Gasteiger partial charge in [-0.3, -0.25) is 9.69 Å². The van der Waals surface area contributed by atoms with Crippen LogP contribution in [0.4, 0.5) is 5.69 Å². The first-order valence-corrected chi connectivity index (χ1v) is 8.80. The average Bonchev–Trinajstić information content (AvgIpc) is 2.62. The molecule has 0 fully saturated rings. The number of nitrogens with zero attached hydrogens (tertiary/aromatic N) is 1. The van der Waals surface area contributed by atoms with Gasteiger partial charge in [-0.25, -0.2) is 0 Å². The summed E-state index contributed by atoms with van der Waals surface area (Å²) in [7, 11) is 0. The Morgan fingerprint density at radius 3 is 2.56 bits per heavy atom. The van der Waals surface area contributed by atoms with Crippen LogP contribution in [0.25, 0.3) is 10.8 Å². The number of fused-ring (bicyclic) bond motifs is 3. The molecule has 1 aliphatic rings. The number of carbonyl (C=O) groups excluding carboxylic acids is 1. The fourth-order valence-electron chi connectivity index (χ4n) is 3.44. The van der Waals surface area contributed by atoms with Crippen LogP contribution >= 0.6 is 23.2 Å². The molecule has 1 unspecified atom stereocenters. The molecule has 0 saturated heterocycles. The van der Waals surface area contributed by atoms with Gasteiger partial charge in [-0.1, -0.05) is 53.5 Å². The van der Waals surface area contributed by atoms with Crippen LogP contribution in [0.15, 0.2) is 54.6 Å². The van der Waals surface area contributed by atoms with E-state index in [4.69, 9.17) is 23.2 Å². The Labute approximate surface area is 155 Å². The number of hydrogen-bond donors (Lipinski definition) is 1. The predicted octanol–water partition coefficient (Wildman–Crippen LogP) is 5.06. The number of aliphatic hydroxyl groups is 1. The zero-order chi connectivity index (χ0) is 17.6. The minimum absolute atomic E-state index is 0.244. The van der Waals surface area contributed by atoms with Crippen LogP contribution in [0.1, 0.15) is 22.3 Å². The summed E-state index contributed by atoms with van der Waals surface area (Å²) in [6.45, 7) is 0. The molecule has 1 N–H and O–H groups in total. The molecule has 0 spiro atoms. The van der Waals surface area contributed by atoms with Gasteiger partial charge in [0.25, 0.3) is 5.91 Å². The van der Waals surface area contributed by atoms with Gasteiger partial charge in [0.1, 0.15) is 6.23 Å². The number of hydrogen-bond acceptors (Lipinski definition) is 2. The third-order valence-electron chi connectivity index (χ3n) is 4.60. The number of aryl methyl sites for hydroxylation is 1. The van der Waals surface area contributed by atoms with Gasteiger partial charge in [-0.15, -0.1) is 0 Å². The highest BCUT2D eigenvalue weighted by molar-refractivity contribution is 6.42. The highest BCUT2D eigenvalue weighted by atomic mass is 35.5.